The highest BCUT2D eigenvalue weighted by Gasteiger charge is 2.34. The van der Waals surface area contributed by atoms with Gasteiger partial charge < -0.3 is 15.5 Å². The molecule has 0 radical (unpaired) electrons. The smallest absolute Gasteiger partial charge is 0.262 e. The number of anilines is 2. The SMILES string of the molecule is CN(C)CCN1C(=O)c2cccc3cc4cccc(NC(=S)Nc5cccnc5)c4c(c23)C1=O. The van der Waals surface area contributed by atoms with E-state index in [1.807, 2.05) is 67.5 Å². The van der Waals surface area contributed by atoms with Crippen LogP contribution in [0.3, 0.4) is 0 Å². The summed E-state index contributed by atoms with van der Waals surface area (Å²) in [6.45, 7) is 0.894. The number of carbonyl (C=O) groups is 2. The van der Waals surface area contributed by atoms with Crippen molar-refractivity contribution in [3.8, 4) is 0 Å². The third kappa shape index (κ3) is 3.87. The largest absolute Gasteiger partial charge is 0.332 e. The molecule has 0 atom stereocenters. The van der Waals surface area contributed by atoms with Crippen molar-refractivity contribution in [2.75, 3.05) is 37.8 Å². The van der Waals surface area contributed by atoms with Crippen molar-refractivity contribution >= 4 is 62.1 Å². The van der Waals surface area contributed by atoms with Gasteiger partial charge in [-0.2, -0.15) is 0 Å². The van der Waals surface area contributed by atoms with Gasteiger partial charge in [0.25, 0.3) is 11.8 Å². The van der Waals surface area contributed by atoms with Crippen molar-refractivity contribution in [3.05, 3.63) is 78.1 Å². The Labute approximate surface area is 202 Å². The highest BCUT2D eigenvalue weighted by molar-refractivity contribution is 7.80. The second kappa shape index (κ2) is 8.81. The first kappa shape index (κ1) is 21.9. The van der Waals surface area contributed by atoms with Crippen molar-refractivity contribution < 1.29 is 9.59 Å². The molecule has 1 aliphatic heterocycles. The lowest BCUT2D eigenvalue weighted by atomic mass is 9.89. The molecule has 2 heterocycles. The van der Waals surface area contributed by atoms with Crippen LogP contribution in [0, 0.1) is 0 Å². The lowest BCUT2D eigenvalue weighted by Gasteiger charge is -2.29. The number of pyridine rings is 1. The van der Waals surface area contributed by atoms with Gasteiger partial charge in [0.15, 0.2) is 5.11 Å². The fourth-order valence-corrected chi connectivity index (χ4v) is 4.55. The third-order valence-corrected chi connectivity index (χ3v) is 6.08. The van der Waals surface area contributed by atoms with Crippen molar-refractivity contribution in [2.45, 2.75) is 0 Å². The number of hydrogen-bond acceptors (Lipinski definition) is 5. The van der Waals surface area contributed by atoms with Gasteiger partial charge in [-0.05, 0) is 67.4 Å². The number of benzene rings is 3. The first-order valence-corrected chi connectivity index (χ1v) is 11.3. The zero-order chi connectivity index (χ0) is 23.8. The highest BCUT2D eigenvalue weighted by atomic mass is 32.1. The molecular weight excluding hydrogens is 446 g/mol. The van der Waals surface area contributed by atoms with E-state index < -0.39 is 0 Å². The average Bonchev–Trinajstić information content (AvgIpc) is 2.82. The molecule has 0 aliphatic carbocycles. The van der Waals surface area contributed by atoms with Crippen molar-refractivity contribution in [3.63, 3.8) is 0 Å². The second-order valence-electron chi connectivity index (χ2n) is 8.44. The molecule has 8 heteroatoms. The maximum absolute atomic E-state index is 13.8. The molecule has 0 fully saturated rings. The maximum Gasteiger partial charge on any atom is 0.262 e. The first-order valence-electron chi connectivity index (χ1n) is 10.9. The second-order valence-corrected chi connectivity index (χ2v) is 8.85. The van der Waals surface area contributed by atoms with E-state index in [0.29, 0.717) is 40.4 Å². The van der Waals surface area contributed by atoms with Crippen LogP contribution in [0.5, 0.6) is 0 Å². The van der Waals surface area contributed by atoms with E-state index in [1.54, 1.807) is 18.5 Å². The lowest BCUT2D eigenvalue weighted by Crippen LogP contribution is -2.43. The zero-order valence-electron chi connectivity index (χ0n) is 18.8. The van der Waals surface area contributed by atoms with Gasteiger partial charge in [-0.1, -0.05) is 24.3 Å². The number of carbonyl (C=O) groups excluding carboxylic acids is 2. The van der Waals surface area contributed by atoms with Gasteiger partial charge in [0.1, 0.15) is 0 Å². The van der Waals surface area contributed by atoms with Gasteiger partial charge >= 0.3 is 0 Å². The van der Waals surface area contributed by atoms with Gasteiger partial charge in [-0.3, -0.25) is 19.5 Å². The molecule has 0 saturated carbocycles. The number of thiocarbonyl (C=S) groups is 1. The minimum atomic E-state index is -0.290. The van der Waals surface area contributed by atoms with Crippen LogP contribution in [0.25, 0.3) is 21.5 Å². The van der Waals surface area contributed by atoms with Crippen LogP contribution < -0.4 is 10.6 Å². The number of amides is 2. The minimum absolute atomic E-state index is 0.261. The molecule has 34 heavy (non-hydrogen) atoms. The summed E-state index contributed by atoms with van der Waals surface area (Å²) in [5, 5.41) is 9.92. The van der Waals surface area contributed by atoms with Crippen molar-refractivity contribution in [2.24, 2.45) is 0 Å². The molecule has 0 bridgehead atoms. The van der Waals surface area contributed by atoms with Crippen LogP contribution >= 0.6 is 12.2 Å². The van der Waals surface area contributed by atoms with Crippen LogP contribution in [0.15, 0.2) is 67.0 Å². The molecule has 7 nitrogen and oxygen atoms in total. The van der Waals surface area contributed by atoms with Crippen molar-refractivity contribution in [1.82, 2.24) is 14.8 Å². The van der Waals surface area contributed by atoms with Gasteiger partial charge in [-0.25, -0.2) is 0 Å². The Bertz CT molecular complexity index is 1450. The number of imide groups is 1. The maximum atomic E-state index is 13.8. The van der Waals surface area contributed by atoms with Crippen LogP contribution in [0.2, 0.25) is 0 Å². The van der Waals surface area contributed by atoms with Crippen LogP contribution in [-0.4, -0.2) is 58.9 Å². The summed E-state index contributed by atoms with van der Waals surface area (Å²) in [7, 11) is 3.84. The van der Waals surface area contributed by atoms with E-state index in [2.05, 4.69) is 15.6 Å². The Morgan fingerprint density at radius 3 is 2.47 bits per heavy atom. The van der Waals surface area contributed by atoms with Gasteiger partial charge in [0.05, 0.1) is 17.4 Å². The summed E-state index contributed by atoms with van der Waals surface area (Å²) in [4.78, 5) is 34.4. The number of aromatic nitrogens is 1. The monoisotopic (exact) mass is 469 g/mol. The molecule has 0 saturated heterocycles. The molecule has 170 valence electrons. The molecule has 4 aromatic rings. The molecular formula is C26H23N5O2S. The fraction of sp³-hybridized carbons (Fsp3) is 0.154. The van der Waals surface area contributed by atoms with E-state index in [4.69, 9.17) is 12.2 Å². The Morgan fingerprint density at radius 2 is 1.74 bits per heavy atom. The lowest BCUT2D eigenvalue weighted by molar-refractivity contribution is 0.0602. The summed E-state index contributed by atoms with van der Waals surface area (Å²) in [5.74, 6) is -0.551. The molecule has 0 unspecified atom stereocenters. The van der Waals surface area contributed by atoms with E-state index >= 15 is 0 Å². The third-order valence-electron chi connectivity index (χ3n) is 5.88. The van der Waals surface area contributed by atoms with E-state index in [-0.39, 0.29) is 11.8 Å². The van der Waals surface area contributed by atoms with Gasteiger partial charge in [-0.15, -0.1) is 0 Å². The average molecular weight is 470 g/mol. The predicted molar refractivity (Wildman–Crippen MR) is 139 cm³/mol. The molecule has 3 aromatic carbocycles. The Balaban J connectivity index is 1.65. The summed E-state index contributed by atoms with van der Waals surface area (Å²) < 4.78 is 0. The van der Waals surface area contributed by atoms with E-state index in [1.165, 1.54) is 4.90 Å². The number of likely N-dealkylation sites (N-methyl/N-ethyl adjacent to an activating group) is 1. The standard InChI is InChI=1S/C26H23N5O2S/c1-30(2)12-13-31-24(32)19-9-3-6-16-14-17-7-4-10-20(22(17)23(21(16)19)25(31)33)29-26(34)28-18-8-5-11-27-15-18/h3-11,14-15H,12-13H2,1-2H3,(H2,28,29,34). The topological polar surface area (TPSA) is 77.6 Å². The number of fused-ring (bicyclic) bond motifs is 2. The Hall–Kier alpha value is -3.88. The van der Waals surface area contributed by atoms with Crippen LogP contribution in [-0.2, 0) is 0 Å². The summed E-state index contributed by atoms with van der Waals surface area (Å²) >= 11 is 5.53. The quantitative estimate of drug-likeness (QED) is 0.256. The number of nitrogens with zero attached hydrogens (tertiary/aromatic N) is 3. The van der Waals surface area contributed by atoms with Crippen LogP contribution in [0.4, 0.5) is 11.4 Å². The number of nitrogens with one attached hydrogen (secondary N) is 2. The van der Waals surface area contributed by atoms with Crippen LogP contribution in [0.1, 0.15) is 20.7 Å². The normalized spacial score (nSPS) is 13.1. The molecule has 2 amide bonds. The Kier molecular flexibility index (Phi) is 5.69. The Morgan fingerprint density at radius 1 is 0.971 bits per heavy atom. The molecule has 0 spiro atoms. The molecule has 1 aliphatic rings. The minimum Gasteiger partial charge on any atom is -0.332 e. The number of rotatable bonds is 5. The highest BCUT2D eigenvalue weighted by Crippen LogP contribution is 2.38. The number of hydrogen-bond donors (Lipinski definition) is 2. The van der Waals surface area contributed by atoms with E-state index in [9.17, 15) is 9.59 Å². The summed E-state index contributed by atoms with van der Waals surface area (Å²) in [6.07, 6.45) is 3.37. The zero-order valence-corrected chi connectivity index (χ0v) is 19.6. The van der Waals surface area contributed by atoms with E-state index in [0.717, 1.165) is 21.8 Å². The predicted octanol–water partition coefficient (Wildman–Crippen LogP) is 4.35. The summed E-state index contributed by atoms with van der Waals surface area (Å²) in [6, 6.07) is 17.1. The fourth-order valence-electron chi connectivity index (χ4n) is 4.32. The molecule has 1 aromatic heterocycles. The summed E-state index contributed by atoms with van der Waals surface area (Å²) in [5.41, 5.74) is 2.51. The molecule has 2 N–H and O–H groups in total. The molecule has 5 rings (SSSR count). The van der Waals surface area contributed by atoms with Gasteiger partial charge in [0.2, 0.25) is 0 Å². The van der Waals surface area contributed by atoms with Gasteiger partial charge in [0, 0.05) is 41.3 Å². The van der Waals surface area contributed by atoms with Crippen molar-refractivity contribution in [1.29, 1.82) is 0 Å². The first-order chi connectivity index (χ1) is 16.4.